The van der Waals surface area contributed by atoms with Crippen LogP contribution in [0.2, 0.25) is 0 Å². The molecule has 2 atom stereocenters. The number of nitrogens with one attached hydrogen (secondary N) is 1. The maximum Gasteiger partial charge on any atom is 0.223 e. The van der Waals surface area contributed by atoms with Crippen LogP contribution in [0.5, 0.6) is 11.5 Å². The minimum absolute atomic E-state index is 0.0598. The smallest absolute Gasteiger partial charge is 0.223 e. The molecule has 0 spiro atoms. The number of hydrogen-bond donors (Lipinski definition) is 2. The molecule has 116 valence electrons. The van der Waals surface area contributed by atoms with Crippen molar-refractivity contribution in [3.8, 4) is 11.5 Å². The molecule has 1 saturated carbocycles. The number of amides is 1. The molecule has 0 radical (unpaired) electrons. The van der Waals surface area contributed by atoms with Gasteiger partial charge in [-0.25, -0.2) is 0 Å². The lowest BCUT2D eigenvalue weighted by Crippen LogP contribution is -2.30. The van der Waals surface area contributed by atoms with E-state index >= 15 is 0 Å². The van der Waals surface area contributed by atoms with E-state index in [1.54, 1.807) is 7.11 Å². The van der Waals surface area contributed by atoms with Crippen molar-refractivity contribution < 1.29 is 14.3 Å². The maximum absolute atomic E-state index is 12.1. The fourth-order valence-corrected chi connectivity index (χ4v) is 2.69. The van der Waals surface area contributed by atoms with E-state index in [1.807, 2.05) is 25.1 Å². The van der Waals surface area contributed by atoms with Crippen molar-refractivity contribution in [3.63, 3.8) is 0 Å². The van der Waals surface area contributed by atoms with Crippen molar-refractivity contribution in [1.82, 2.24) is 5.32 Å². The molecule has 2 rings (SSSR count). The summed E-state index contributed by atoms with van der Waals surface area (Å²) in [6, 6.07) is 5.87. The van der Waals surface area contributed by atoms with Gasteiger partial charge in [-0.3, -0.25) is 4.79 Å². The van der Waals surface area contributed by atoms with Crippen LogP contribution in [-0.2, 0) is 11.3 Å². The largest absolute Gasteiger partial charge is 0.493 e. The topological polar surface area (TPSA) is 73.6 Å². The number of methoxy groups -OCH3 is 1. The Hall–Kier alpha value is -1.75. The summed E-state index contributed by atoms with van der Waals surface area (Å²) in [6.45, 7) is 3.00. The summed E-state index contributed by atoms with van der Waals surface area (Å²) >= 11 is 0. The molecular weight excluding hydrogens is 268 g/mol. The van der Waals surface area contributed by atoms with E-state index in [4.69, 9.17) is 15.2 Å². The summed E-state index contributed by atoms with van der Waals surface area (Å²) in [7, 11) is 1.61. The molecule has 0 aliphatic heterocycles. The minimum atomic E-state index is 0.0598. The second-order valence-corrected chi connectivity index (χ2v) is 5.41. The third-order valence-corrected chi connectivity index (χ3v) is 3.84. The van der Waals surface area contributed by atoms with Crippen molar-refractivity contribution >= 4 is 5.91 Å². The third kappa shape index (κ3) is 4.11. The number of ether oxygens (including phenoxy) is 2. The predicted molar refractivity (Wildman–Crippen MR) is 81.3 cm³/mol. The summed E-state index contributed by atoms with van der Waals surface area (Å²) in [5, 5.41) is 2.98. The molecule has 1 aromatic rings. The second-order valence-electron chi connectivity index (χ2n) is 5.41. The molecule has 21 heavy (non-hydrogen) atoms. The molecule has 1 fully saturated rings. The van der Waals surface area contributed by atoms with Crippen LogP contribution in [0.4, 0.5) is 0 Å². The van der Waals surface area contributed by atoms with Crippen LogP contribution in [0.15, 0.2) is 18.2 Å². The highest BCUT2D eigenvalue weighted by molar-refractivity contribution is 5.79. The van der Waals surface area contributed by atoms with E-state index in [0.29, 0.717) is 24.7 Å². The fourth-order valence-electron chi connectivity index (χ4n) is 2.69. The molecule has 1 aliphatic carbocycles. The van der Waals surface area contributed by atoms with Gasteiger partial charge in [0.25, 0.3) is 0 Å². The fraction of sp³-hybridized carbons (Fsp3) is 0.562. The Morgan fingerprint density at radius 1 is 1.38 bits per heavy atom. The first-order valence-corrected chi connectivity index (χ1v) is 7.47. The van der Waals surface area contributed by atoms with E-state index in [9.17, 15) is 4.79 Å². The van der Waals surface area contributed by atoms with Gasteiger partial charge in [0.2, 0.25) is 5.91 Å². The van der Waals surface area contributed by atoms with Gasteiger partial charge in [0.05, 0.1) is 13.7 Å². The maximum atomic E-state index is 12.1. The van der Waals surface area contributed by atoms with E-state index in [0.717, 1.165) is 24.8 Å². The molecule has 5 heteroatoms. The lowest BCUT2D eigenvalue weighted by Gasteiger charge is -2.13. The van der Waals surface area contributed by atoms with E-state index in [1.165, 1.54) is 0 Å². The van der Waals surface area contributed by atoms with E-state index < -0.39 is 0 Å². The van der Waals surface area contributed by atoms with Crippen LogP contribution in [-0.4, -0.2) is 25.7 Å². The van der Waals surface area contributed by atoms with Gasteiger partial charge < -0.3 is 20.5 Å². The van der Waals surface area contributed by atoms with Gasteiger partial charge >= 0.3 is 0 Å². The van der Waals surface area contributed by atoms with Gasteiger partial charge in [-0.15, -0.1) is 0 Å². The zero-order valence-electron chi connectivity index (χ0n) is 12.7. The molecule has 0 heterocycles. The summed E-state index contributed by atoms with van der Waals surface area (Å²) in [5.74, 6) is 1.56. The van der Waals surface area contributed by atoms with Crippen LogP contribution < -0.4 is 20.5 Å². The Kier molecular flexibility index (Phi) is 5.44. The monoisotopic (exact) mass is 292 g/mol. The van der Waals surface area contributed by atoms with Crippen molar-refractivity contribution in [2.45, 2.75) is 38.8 Å². The molecule has 5 nitrogen and oxygen atoms in total. The number of benzene rings is 1. The van der Waals surface area contributed by atoms with Gasteiger partial charge in [-0.1, -0.05) is 6.07 Å². The Morgan fingerprint density at radius 3 is 2.81 bits per heavy atom. The average Bonchev–Trinajstić information content (AvgIpc) is 2.92. The van der Waals surface area contributed by atoms with Crippen LogP contribution in [0.1, 0.15) is 31.7 Å². The Bertz CT molecular complexity index is 490. The zero-order valence-corrected chi connectivity index (χ0v) is 12.7. The number of carbonyl (C=O) groups is 1. The van der Waals surface area contributed by atoms with Crippen molar-refractivity contribution in [2.75, 3.05) is 13.7 Å². The van der Waals surface area contributed by atoms with Crippen molar-refractivity contribution in [2.24, 2.45) is 11.7 Å². The normalized spacial score (nSPS) is 21.1. The van der Waals surface area contributed by atoms with Gasteiger partial charge in [0.1, 0.15) is 0 Å². The highest BCUT2D eigenvalue weighted by Crippen LogP contribution is 2.28. The minimum Gasteiger partial charge on any atom is -0.493 e. The summed E-state index contributed by atoms with van der Waals surface area (Å²) < 4.78 is 10.8. The molecule has 1 aromatic carbocycles. The standard InChI is InChI=1S/C16H24N2O3/c1-3-21-15-8-11(4-7-14(15)20-2)10-18-16(19)12-5-6-13(17)9-12/h4,7-8,12-13H,3,5-6,9-10,17H2,1-2H3,(H,18,19). The van der Waals surface area contributed by atoms with Gasteiger partial charge in [0, 0.05) is 18.5 Å². The SMILES string of the molecule is CCOc1cc(CNC(=O)C2CCC(N)C2)ccc1OC. The average molecular weight is 292 g/mol. The Balaban J connectivity index is 1.93. The van der Waals surface area contributed by atoms with Crippen molar-refractivity contribution in [3.05, 3.63) is 23.8 Å². The molecular formula is C16H24N2O3. The molecule has 0 aromatic heterocycles. The van der Waals surface area contributed by atoms with Crippen molar-refractivity contribution in [1.29, 1.82) is 0 Å². The van der Waals surface area contributed by atoms with Gasteiger partial charge in [-0.2, -0.15) is 0 Å². The Morgan fingerprint density at radius 2 is 2.19 bits per heavy atom. The number of nitrogens with two attached hydrogens (primary N) is 1. The summed E-state index contributed by atoms with van der Waals surface area (Å²) in [4.78, 5) is 12.1. The Labute approximate surface area is 125 Å². The molecule has 1 aliphatic rings. The number of carbonyl (C=O) groups excluding carboxylic acids is 1. The second kappa shape index (κ2) is 7.31. The molecule has 2 unspecified atom stereocenters. The predicted octanol–water partition coefficient (Wildman–Crippen LogP) is 1.84. The van der Waals surface area contributed by atoms with Crippen LogP contribution in [0, 0.1) is 5.92 Å². The zero-order chi connectivity index (χ0) is 15.2. The first-order valence-electron chi connectivity index (χ1n) is 7.47. The first kappa shape index (κ1) is 15.6. The molecule has 0 saturated heterocycles. The lowest BCUT2D eigenvalue weighted by atomic mass is 10.1. The third-order valence-electron chi connectivity index (χ3n) is 3.84. The van der Waals surface area contributed by atoms with Crippen LogP contribution in [0.25, 0.3) is 0 Å². The first-order chi connectivity index (χ1) is 10.1. The summed E-state index contributed by atoms with van der Waals surface area (Å²) in [5.41, 5.74) is 6.84. The molecule has 1 amide bonds. The number of hydrogen-bond acceptors (Lipinski definition) is 4. The lowest BCUT2D eigenvalue weighted by molar-refractivity contribution is -0.125. The van der Waals surface area contributed by atoms with E-state index in [2.05, 4.69) is 5.32 Å². The quantitative estimate of drug-likeness (QED) is 0.839. The van der Waals surface area contributed by atoms with Gasteiger partial charge in [0.15, 0.2) is 11.5 Å². The van der Waals surface area contributed by atoms with Crippen LogP contribution >= 0.6 is 0 Å². The molecule has 0 bridgehead atoms. The van der Waals surface area contributed by atoms with E-state index in [-0.39, 0.29) is 17.9 Å². The molecule has 3 N–H and O–H groups in total. The number of rotatable bonds is 6. The summed E-state index contributed by atoms with van der Waals surface area (Å²) in [6.07, 6.45) is 2.62. The highest BCUT2D eigenvalue weighted by atomic mass is 16.5. The van der Waals surface area contributed by atoms with Gasteiger partial charge in [-0.05, 0) is 43.9 Å². The van der Waals surface area contributed by atoms with Crippen LogP contribution in [0.3, 0.4) is 0 Å². The highest BCUT2D eigenvalue weighted by Gasteiger charge is 2.27.